The zero-order valence-electron chi connectivity index (χ0n) is 40.6. The fourth-order valence-corrected chi connectivity index (χ4v) is 7.30. The van der Waals surface area contributed by atoms with Crippen molar-refractivity contribution in [2.75, 3.05) is 47.5 Å². The van der Waals surface area contributed by atoms with Gasteiger partial charge in [-0.1, -0.05) is 171 Å². The summed E-state index contributed by atoms with van der Waals surface area (Å²) in [5.41, 5.74) is 0. The zero-order chi connectivity index (χ0) is 45.7. The molecule has 0 aliphatic rings. The van der Waals surface area contributed by atoms with Crippen molar-refractivity contribution in [1.82, 2.24) is 0 Å². The molecule has 0 aliphatic heterocycles. The molecule has 0 heterocycles. The Balaban J connectivity index is 4.33. The number of carbonyl (C=O) groups is 2. The Kier molecular flexibility index (Phi) is 42.3. The topological polar surface area (TPSA) is 111 Å². The summed E-state index contributed by atoms with van der Waals surface area (Å²) in [5, 5.41) is 0. The lowest BCUT2D eigenvalue weighted by molar-refractivity contribution is -0.870. The van der Waals surface area contributed by atoms with Crippen LogP contribution in [-0.4, -0.2) is 70.0 Å². The molecule has 0 N–H and O–H groups in total. The van der Waals surface area contributed by atoms with Crippen LogP contribution in [0, 0.1) is 0 Å². The van der Waals surface area contributed by atoms with Crippen molar-refractivity contribution < 1.29 is 42.1 Å². The molecule has 0 rings (SSSR count). The molecule has 2 unspecified atom stereocenters. The Morgan fingerprint density at radius 3 is 1.32 bits per heavy atom. The van der Waals surface area contributed by atoms with E-state index in [0.29, 0.717) is 17.4 Å². The Hall–Kier alpha value is -2.29. The third-order valence-corrected chi connectivity index (χ3v) is 11.5. The van der Waals surface area contributed by atoms with Crippen molar-refractivity contribution in [3.63, 3.8) is 0 Å². The predicted molar refractivity (Wildman–Crippen MR) is 259 cm³/mol. The molecular formula is C52H94NO8P. The number of hydrogen-bond acceptors (Lipinski definition) is 8. The fraction of sp³-hybridized carbons (Fsp3) is 0.769. The maximum atomic E-state index is 12.7. The minimum Gasteiger partial charge on any atom is -0.756 e. The highest BCUT2D eigenvalue weighted by atomic mass is 31.2. The number of nitrogens with zero attached hydrogens (tertiary/aromatic N) is 1. The van der Waals surface area contributed by atoms with Gasteiger partial charge in [0.25, 0.3) is 7.82 Å². The van der Waals surface area contributed by atoms with Gasteiger partial charge < -0.3 is 27.9 Å². The maximum absolute atomic E-state index is 12.7. The van der Waals surface area contributed by atoms with E-state index >= 15 is 0 Å². The van der Waals surface area contributed by atoms with Gasteiger partial charge in [0.1, 0.15) is 19.8 Å². The Morgan fingerprint density at radius 1 is 0.500 bits per heavy atom. The first kappa shape index (κ1) is 59.7. The smallest absolute Gasteiger partial charge is 0.306 e. The second-order valence-corrected chi connectivity index (χ2v) is 19.2. The lowest BCUT2D eigenvalue weighted by Gasteiger charge is -2.28. The van der Waals surface area contributed by atoms with Crippen molar-refractivity contribution in [3.8, 4) is 0 Å². The molecule has 0 saturated heterocycles. The third kappa shape index (κ3) is 47.2. The monoisotopic (exact) mass is 892 g/mol. The van der Waals surface area contributed by atoms with Crippen LogP contribution in [0.3, 0.4) is 0 Å². The van der Waals surface area contributed by atoms with Gasteiger partial charge in [-0.15, -0.1) is 0 Å². The first-order valence-electron chi connectivity index (χ1n) is 25.0. The van der Waals surface area contributed by atoms with Crippen LogP contribution in [0.2, 0.25) is 0 Å². The standard InChI is InChI=1S/C52H94NO8P/c1-6-8-10-12-14-16-18-20-22-24-25-26-27-29-31-33-35-37-39-41-43-45-52(55)61-50(49-60-62(56,57)59-47-46-53(3,4)5)48-58-51(54)44-42-40-38-36-34-32-30-28-23-21-19-17-15-13-11-9-7-2/h15,17-18,20-21,23-25,27,29,50H,6-14,16,19,22,26,28,30-49H2,1-5H3/b17-15-,20-18-,23-21-,25-24-,29-27-. The van der Waals surface area contributed by atoms with Crippen molar-refractivity contribution in [3.05, 3.63) is 60.8 Å². The number of quaternary nitrogens is 1. The van der Waals surface area contributed by atoms with Crippen molar-refractivity contribution in [1.29, 1.82) is 0 Å². The number of allylic oxidation sites excluding steroid dienone is 10. The molecule has 9 nitrogen and oxygen atoms in total. The van der Waals surface area contributed by atoms with Crippen LogP contribution in [0.25, 0.3) is 0 Å². The van der Waals surface area contributed by atoms with Crippen LogP contribution >= 0.6 is 7.82 Å². The number of carbonyl (C=O) groups excluding carboxylic acids is 2. The summed E-state index contributed by atoms with van der Waals surface area (Å²) < 4.78 is 34.0. The highest BCUT2D eigenvalue weighted by molar-refractivity contribution is 7.45. The summed E-state index contributed by atoms with van der Waals surface area (Å²) in [4.78, 5) is 37.7. The lowest BCUT2D eigenvalue weighted by atomic mass is 10.1. The molecular weight excluding hydrogens is 798 g/mol. The van der Waals surface area contributed by atoms with E-state index in [1.165, 1.54) is 83.5 Å². The quantitative estimate of drug-likeness (QED) is 0.0195. The molecule has 0 aliphatic carbocycles. The van der Waals surface area contributed by atoms with E-state index < -0.39 is 32.5 Å². The molecule has 360 valence electrons. The van der Waals surface area contributed by atoms with Gasteiger partial charge in [-0.25, -0.2) is 0 Å². The van der Waals surface area contributed by atoms with Gasteiger partial charge in [0.05, 0.1) is 27.7 Å². The first-order valence-corrected chi connectivity index (χ1v) is 26.5. The molecule has 0 bridgehead atoms. The van der Waals surface area contributed by atoms with E-state index in [-0.39, 0.29) is 26.1 Å². The second kappa shape index (κ2) is 43.9. The average Bonchev–Trinajstić information content (AvgIpc) is 3.23. The Labute approximate surface area is 381 Å². The van der Waals surface area contributed by atoms with Gasteiger partial charge >= 0.3 is 11.9 Å². The molecule has 0 spiro atoms. The Bertz CT molecular complexity index is 1240. The molecule has 2 atom stereocenters. The van der Waals surface area contributed by atoms with Gasteiger partial charge in [0, 0.05) is 12.8 Å². The van der Waals surface area contributed by atoms with E-state index in [4.69, 9.17) is 18.5 Å². The summed E-state index contributed by atoms with van der Waals surface area (Å²) in [7, 11) is 1.15. The van der Waals surface area contributed by atoms with Crippen LogP contribution in [0.5, 0.6) is 0 Å². The molecule has 0 saturated carbocycles. The number of rotatable bonds is 45. The number of esters is 2. The number of phosphoric acid groups is 1. The largest absolute Gasteiger partial charge is 0.756 e. The van der Waals surface area contributed by atoms with E-state index in [9.17, 15) is 19.0 Å². The number of phosphoric ester groups is 1. The number of ether oxygens (including phenoxy) is 2. The minimum absolute atomic E-state index is 0.0373. The van der Waals surface area contributed by atoms with Gasteiger partial charge in [-0.05, 0) is 83.5 Å². The second-order valence-electron chi connectivity index (χ2n) is 17.8. The molecule has 0 aromatic rings. The molecule has 62 heavy (non-hydrogen) atoms. The van der Waals surface area contributed by atoms with E-state index in [2.05, 4.69) is 74.6 Å². The average molecular weight is 892 g/mol. The van der Waals surface area contributed by atoms with Gasteiger partial charge in [0.15, 0.2) is 6.10 Å². The van der Waals surface area contributed by atoms with Crippen LogP contribution in [0.1, 0.15) is 206 Å². The van der Waals surface area contributed by atoms with Gasteiger partial charge in [-0.2, -0.15) is 0 Å². The van der Waals surface area contributed by atoms with E-state index in [1.54, 1.807) is 0 Å². The summed E-state index contributed by atoms with van der Waals surface area (Å²) in [6, 6.07) is 0. The maximum Gasteiger partial charge on any atom is 0.306 e. The summed E-state index contributed by atoms with van der Waals surface area (Å²) in [5.74, 6) is -0.858. The zero-order valence-corrected chi connectivity index (χ0v) is 41.4. The third-order valence-electron chi connectivity index (χ3n) is 10.5. The van der Waals surface area contributed by atoms with Gasteiger partial charge in [0.2, 0.25) is 0 Å². The molecule has 10 heteroatoms. The summed E-state index contributed by atoms with van der Waals surface area (Å²) >= 11 is 0. The SMILES string of the molecule is CCCCC/C=C\C/C=C\CCCCCCCCCC(=O)OCC(COP(=O)([O-])OCC[N+](C)(C)C)OC(=O)CCCCCCCC/C=C\C/C=C\C/C=C\CCCCCCC. The van der Waals surface area contributed by atoms with Crippen molar-refractivity contribution in [2.24, 2.45) is 0 Å². The predicted octanol–water partition coefficient (Wildman–Crippen LogP) is 14.2. The highest BCUT2D eigenvalue weighted by Gasteiger charge is 2.21. The van der Waals surface area contributed by atoms with Crippen molar-refractivity contribution in [2.45, 2.75) is 213 Å². The van der Waals surface area contributed by atoms with Crippen molar-refractivity contribution >= 4 is 19.8 Å². The van der Waals surface area contributed by atoms with E-state index in [0.717, 1.165) is 89.9 Å². The first-order chi connectivity index (χ1) is 30.0. The molecule has 0 radical (unpaired) electrons. The normalized spacial score (nSPS) is 14.0. The molecule has 0 amide bonds. The van der Waals surface area contributed by atoms with Crippen LogP contribution in [0.4, 0.5) is 0 Å². The van der Waals surface area contributed by atoms with Gasteiger partial charge in [-0.3, -0.25) is 14.2 Å². The van der Waals surface area contributed by atoms with Crippen LogP contribution < -0.4 is 4.89 Å². The van der Waals surface area contributed by atoms with E-state index in [1.807, 2.05) is 21.1 Å². The Morgan fingerprint density at radius 2 is 0.871 bits per heavy atom. The number of likely N-dealkylation sites (N-methyl/N-ethyl adjacent to an activating group) is 1. The fourth-order valence-electron chi connectivity index (χ4n) is 6.57. The number of unbranched alkanes of at least 4 members (excludes halogenated alkanes) is 21. The molecule has 0 aromatic carbocycles. The molecule has 0 aromatic heterocycles. The van der Waals surface area contributed by atoms with Crippen LogP contribution in [-0.2, 0) is 32.7 Å². The summed E-state index contributed by atoms with van der Waals surface area (Å²) in [6.45, 7) is 4.17. The summed E-state index contributed by atoms with van der Waals surface area (Å²) in [6.07, 6.45) is 53.8. The lowest BCUT2D eigenvalue weighted by Crippen LogP contribution is -2.37. The minimum atomic E-state index is -4.64. The number of hydrogen-bond donors (Lipinski definition) is 0. The molecule has 0 fully saturated rings. The van der Waals surface area contributed by atoms with Crippen LogP contribution in [0.15, 0.2) is 60.8 Å². The highest BCUT2D eigenvalue weighted by Crippen LogP contribution is 2.38.